The standard InChI is InChI=1S/C13H28N2O/c1-5-7-8-9-10-13(4,12(14)16)15-11(3)6-2/h11,15H,5-10H2,1-4H3,(H2,14,16). The lowest BCUT2D eigenvalue weighted by Gasteiger charge is -2.30. The van der Waals surface area contributed by atoms with E-state index in [9.17, 15) is 4.79 Å². The third-order valence-corrected chi connectivity index (χ3v) is 3.25. The fourth-order valence-corrected chi connectivity index (χ4v) is 1.82. The summed E-state index contributed by atoms with van der Waals surface area (Å²) in [5, 5.41) is 3.34. The summed E-state index contributed by atoms with van der Waals surface area (Å²) in [6.45, 7) is 8.31. The average molecular weight is 228 g/mol. The van der Waals surface area contributed by atoms with Gasteiger partial charge in [-0.2, -0.15) is 0 Å². The van der Waals surface area contributed by atoms with Crippen molar-refractivity contribution in [2.45, 2.75) is 77.8 Å². The Balaban J connectivity index is 4.17. The zero-order valence-corrected chi connectivity index (χ0v) is 11.3. The van der Waals surface area contributed by atoms with Crippen molar-refractivity contribution >= 4 is 5.91 Å². The first-order valence-electron chi connectivity index (χ1n) is 6.53. The lowest BCUT2D eigenvalue weighted by molar-refractivity contribution is -0.124. The number of nitrogens with two attached hydrogens (primary N) is 1. The van der Waals surface area contributed by atoms with E-state index in [1.165, 1.54) is 19.3 Å². The van der Waals surface area contributed by atoms with E-state index in [0.717, 1.165) is 19.3 Å². The second-order valence-corrected chi connectivity index (χ2v) is 4.96. The molecule has 0 heterocycles. The second kappa shape index (κ2) is 7.66. The number of nitrogens with one attached hydrogen (secondary N) is 1. The molecule has 2 atom stereocenters. The van der Waals surface area contributed by atoms with Crippen LogP contribution in [0.3, 0.4) is 0 Å². The first-order chi connectivity index (χ1) is 7.46. The van der Waals surface area contributed by atoms with Gasteiger partial charge in [0.2, 0.25) is 5.91 Å². The largest absolute Gasteiger partial charge is 0.368 e. The molecule has 0 rings (SSSR count). The Labute approximate surface area is 100 Å². The topological polar surface area (TPSA) is 55.1 Å². The fourth-order valence-electron chi connectivity index (χ4n) is 1.82. The molecule has 0 aliphatic rings. The maximum absolute atomic E-state index is 11.5. The molecular formula is C13H28N2O. The first kappa shape index (κ1) is 15.4. The quantitative estimate of drug-likeness (QED) is 0.596. The van der Waals surface area contributed by atoms with Crippen molar-refractivity contribution in [1.82, 2.24) is 5.32 Å². The Hall–Kier alpha value is -0.570. The van der Waals surface area contributed by atoms with Crippen LogP contribution in [0.2, 0.25) is 0 Å². The zero-order chi connectivity index (χ0) is 12.6. The van der Waals surface area contributed by atoms with E-state index in [1.54, 1.807) is 0 Å². The molecule has 0 saturated heterocycles. The third kappa shape index (κ3) is 5.50. The molecule has 1 amide bonds. The molecule has 0 bridgehead atoms. The minimum atomic E-state index is -0.539. The molecule has 0 aromatic rings. The van der Waals surface area contributed by atoms with Crippen molar-refractivity contribution in [3.05, 3.63) is 0 Å². The highest BCUT2D eigenvalue weighted by Gasteiger charge is 2.30. The molecule has 2 unspecified atom stereocenters. The molecule has 0 saturated carbocycles. The Bertz CT molecular complexity index is 206. The van der Waals surface area contributed by atoms with Crippen LogP contribution in [0.1, 0.15) is 66.2 Å². The van der Waals surface area contributed by atoms with Crippen LogP contribution in [-0.4, -0.2) is 17.5 Å². The number of rotatable bonds is 9. The third-order valence-electron chi connectivity index (χ3n) is 3.25. The van der Waals surface area contributed by atoms with Gasteiger partial charge in [0.1, 0.15) is 0 Å². The van der Waals surface area contributed by atoms with Gasteiger partial charge in [0.15, 0.2) is 0 Å². The van der Waals surface area contributed by atoms with E-state index in [-0.39, 0.29) is 5.91 Å². The van der Waals surface area contributed by atoms with Gasteiger partial charge in [-0.15, -0.1) is 0 Å². The van der Waals surface area contributed by atoms with Gasteiger partial charge in [-0.1, -0.05) is 39.5 Å². The van der Waals surface area contributed by atoms with Crippen LogP contribution in [0.5, 0.6) is 0 Å². The second-order valence-electron chi connectivity index (χ2n) is 4.96. The van der Waals surface area contributed by atoms with Gasteiger partial charge in [-0.05, 0) is 26.7 Å². The number of amides is 1. The highest BCUT2D eigenvalue weighted by molar-refractivity contribution is 5.84. The van der Waals surface area contributed by atoms with Gasteiger partial charge in [0.05, 0.1) is 5.54 Å². The van der Waals surface area contributed by atoms with Gasteiger partial charge < -0.3 is 11.1 Å². The van der Waals surface area contributed by atoms with Gasteiger partial charge >= 0.3 is 0 Å². The fraction of sp³-hybridized carbons (Fsp3) is 0.923. The lowest BCUT2D eigenvalue weighted by atomic mass is 9.92. The molecular weight excluding hydrogens is 200 g/mol. The van der Waals surface area contributed by atoms with E-state index in [1.807, 2.05) is 6.92 Å². The van der Waals surface area contributed by atoms with Crippen molar-refractivity contribution in [3.8, 4) is 0 Å². The molecule has 0 radical (unpaired) electrons. The molecule has 0 aliphatic carbocycles. The van der Waals surface area contributed by atoms with E-state index >= 15 is 0 Å². The summed E-state index contributed by atoms with van der Waals surface area (Å²) in [6.07, 6.45) is 6.55. The van der Waals surface area contributed by atoms with Crippen molar-refractivity contribution in [2.24, 2.45) is 5.73 Å². The summed E-state index contributed by atoms with van der Waals surface area (Å²) in [5.74, 6) is -0.232. The monoisotopic (exact) mass is 228 g/mol. The number of carbonyl (C=O) groups excluding carboxylic acids is 1. The van der Waals surface area contributed by atoms with Crippen LogP contribution in [0.4, 0.5) is 0 Å². The van der Waals surface area contributed by atoms with Gasteiger partial charge in [0, 0.05) is 6.04 Å². The molecule has 3 heteroatoms. The SMILES string of the molecule is CCCCCCC(C)(NC(C)CC)C(N)=O. The minimum Gasteiger partial charge on any atom is -0.368 e. The number of primary amides is 1. The smallest absolute Gasteiger partial charge is 0.237 e. The van der Waals surface area contributed by atoms with E-state index < -0.39 is 5.54 Å². The van der Waals surface area contributed by atoms with Crippen molar-refractivity contribution in [2.75, 3.05) is 0 Å². The summed E-state index contributed by atoms with van der Waals surface area (Å²) >= 11 is 0. The molecule has 3 N–H and O–H groups in total. The van der Waals surface area contributed by atoms with E-state index in [2.05, 4.69) is 26.1 Å². The lowest BCUT2D eigenvalue weighted by Crippen LogP contribution is -2.55. The Kier molecular flexibility index (Phi) is 7.39. The van der Waals surface area contributed by atoms with E-state index in [0.29, 0.717) is 6.04 Å². The maximum Gasteiger partial charge on any atom is 0.237 e. The molecule has 0 spiro atoms. The molecule has 0 aromatic heterocycles. The molecule has 0 aromatic carbocycles. The summed E-state index contributed by atoms with van der Waals surface area (Å²) in [5.41, 5.74) is 4.95. The highest BCUT2D eigenvalue weighted by Crippen LogP contribution is 2.16. The molecule has 0 aliphatic heterocycles. The van der Waals surface area contributed by atoms with Crippen LogP contribution >= 0.6 is 0 Å². The van der Waals surface area contributed by atoms with Crippen LogP contribution in [0.25, 0.3) is 0 Å². The van der Waals surface area contributed by atoms with Gasteiger partial charge in [-0.25, -0.2) is 0 Å². The number of hydrogen-bond donors (Lipinski definition) is 2. The number of unbranched alkanes of at least 4 members (excludes halogenated alkanes) is 3. The van der Waals surface area contributed by atoms with Gasteiger partial charge in [0.25, 0.3) is 0 Å². The Morgan fingerprint density at radius 1 is 1.31 bits per heavy atom. The van der Waals surface area contributed by atoms with Gasteiger partial charge in [-0.3, -0.25) is 4.79 Å². The van der Waals surface area contributed by atoms with E-state index in [4.69, 9.17) is 5.73 Å². The zero-order valence-electron chi connectivity index (χ0n) is 11.3. The first-order valence-corrected chi connectivity index (χ1v) is 6.53. The maximum atomic E-state index is 11.5. The average Bonchev–Trinajstić information content (AvgIpc) is 2.24. The summed E-state index contributed by atoms with van der Waals surface area (Å²) in [4.78, 5) is 11.5. The minimum absolute atomic E-state index is 0.232. The Morgan fingerprint density at radius 2 is 1.94 bits per heavy atom. The summed E-state index contributed by atoms with van der Waals surface area (Å²) < 4.78 is 0. The normalized spacial score (nSPS) is 16.8. The molecule has 3 nitrogen and oxygen atoms in total. The number of carbonyl (C=O) groups is 1. The predicted molar refractivity (Wildman–Crippen MR) is 69.2 cm³/mol. The highest BCUT2D eigenvalue weighted by atomic mass is 16.1. The summed E-state index contributed by atoms with van der Waals surface area (Å²) in [6, 6.07) is 0.337. The van der Waals surface area contributed by atoms with Crippen molar-refractivity contribution in [1.29, 1.82) is 0 Å². The van der Waals surface area contributed by atoms with Crippen molar-refractivity contribution in [3.63, 3.8) is 0 Å². The van der Waals surface area contributed by atoms with Crippen molar-refractivity contribution < 1.29 is 4.79 Å². The predicted octanol–water partition coefficient (Wildman–Crippen LogP) is 2.59. The molecule has 16 heavy (non-hydrogen) atoms. The molecule has 0 fully saturated rings. The van der Waals surface area contributed by atoms with Crippen LogP contribution in [-0.2, 0) is 4.79 Å². The van der Waals surface area contributed by atoms with Crippen LogP contribution < -0.4 is 11.1 Å². The number of hydrogen-bond acceptors (Lipinski definition) is 2. The summed E-state index contributed by atoms with van der Waals surface area (Å²) in [7, 11) is 0. The van der Waals surface area contributed by atoms with Crippen LogP contribution in [0, 0.1) is 0 Å². The molecule has 96 valence electrons. The van der Waals surface area contributed by atoms with Crippen LogP contribution in [0.15, 0.2) is 0 Å². The Morgan fingerprint density at radius 3 is 2.38 bits per heavy atom.